The molecule has 1 aliphatic rings. The zero-order chi connectivity index (χ0) is 21.1. The summed E-state index contributed by atoms with van der Waals surface area (Å²) >= 11 is 6.02. The van der Waals surface area contributed by atoms with E-state index < -0.39 is 5.92 Å². The number of H-pyrrole nitrogens is 1. The number of hydrogen-bond acceptors (Lipinski definition) is 5. The van der Waals surface area contributed by atoms with Gasteiger partial charge in [0.25, 0.3) is 0 Å². The summed E-state index contributed by atoms with van der Waals surface area (Å²) in [6.07, 6.45) is 1.74. The molecule has 0 radical (unpaired) electrons. The second kappa shape index (κ2) is 8.60. The van der Waals surface area contributed by atoms with Crippen molar-refractivity contribution in [2.24, 2.45) is 5.92 Å². The Labute approximate surface area is 179 Å². The van der Waals surface area contributed by atoms with Gasteiger partial charge in [0.1, 0.15) is 18.3 Å². The van der Waals surface area contributed by atoms with Gasteiger partial charge in [0.15, 0.2) is 0 Å². The minimum absolute atomic E-state index is 0.0779. The lowest BCUT2D eigenvalue weighted by Gasteiger charge is -2.28. The predicted octanol–water partition coefficient (Wildman–Crippen LogP) is 5.24. The number of ether oxygens (including phenoxy) is 2. The van der Waals surface area contributed by atoms with Gasteiger partial charge in [-0.1, -0.05) is 49.2 Å². The summed E-state index contributed by atoms with van der Waals surface area (Å²) < 4.78 is 11.4. The van der Waals surface area contributed by atoms with E-state index in [9.17, 15) is 5.26 Å². The number of aromatic nitrogens is 2. The van der Waals surface area contributed by atoms with Crippen LogP contribution in [0.2, 0.25) is 5.02 Å². The molecule has 2 unspecified atom stereocenters. The Hall–Kier alpha value is -3.30. The van der Waals surface area contributed by atoms with Crippen molar-refractivity contribution in [2.45, 2.75) is 32.3 Å². The highest BCUT2D eigenvalue weighted by atomic mass is 35.5. The maximum Gasteiger partial charge on any atom is 0.243 e. The van der Waals surface area contributed by atoms with Crippen LogP contribution < -0.4 is 9.47 Å². The molecule has 1 aromatic heterocycles. The van der Waals surface area contributed by atoms with Crippen molar-refractivity contribution in [2.75, 3.05) is 0 Å². The molecule has 2 N–H and O–H groups in total. The molecular weight excluding hydrogens is 400 g/mol. The molecule has 0 amide bonds. The molecular formula is C23H21ClN4O2. The molecule has 7 heteroatoms. The van der Waals surface area contributed by atoms with Gasteiger partial charge in [-0.2, -0.15) is 5.26 Å². The number of nitrogens with one attached hydrogen (secondary N) is 2. The van der Waals surface area contributed by atoms with Gasteiger partial charge in [0, 0.05) is 22.2 Å². The number of fused-ring (bicyclic) bond motifs is 1. The molecule has 0 saturated heterocycles. The van der Waals surface area contributed by atoms with Crippen LogP contribution in [-0.4, -0.2) is 16.1 Å². The first-order chi connectivity index (χ1) is 14.6. The van der Waals surface area contributed by atoms with E-state index in [1.165, 1.54) is 0 Å². The Kier molecular flexibility index (Phi) is 5.73. The fraction of sp³-hybridized carbons (Fsp3) is 0.261. The molecule has 2 atom stereocenters. The van der Waals surface area contributed by atoms with Crippen LogP contribution in [-0.2, 0) is 13.0 Å². The van der Waals surface area contributed by atoms with Gasteiger partial charge in [-0.15, -0.1) is 5.10 Å². The normalized spacial score (nSPS) is 17.7. The van der Waals surface area contributed by atoms with Gasteiger partial charge in [-0.05, 0) is 41.8 Å². The van der Waals surface area contributed by atoms with Crippen LogP contribution in [0.4, 0.5) is 0 Å². The van der Waals surface area contributed by atoms with Crippen molar-refractivity contribution in [1.82, 2.24) is 10.2 Å². The molecule has 6 nitrogen and oxygen atoms in total. The summed E-state index contributed by atoms with van der Waals surface area (Å²) in [6.45, 7) is 2.50. The summed E-state index contributed by atoms with van der Waals surface area (Å²) in [5.41, 5.74) is 3.73. The summed E-state index contributed by atoms with van der Waals surface area (Å²) in [7, 11) is 0. The van der Waals surface area contributed by atoms with E-state index in [2.05, 4.69) is 23.2 Å². The smallest absolute Gasteiger partial charge is 0.243 e. The van der Waals surface area contributed by atoms with Crippen LogP contribution in [0, 0.1) is 22.7 Å². The number of aromatic amines is 1. The van der Waals surface area contributed by atoms with Crippen LogP contribution in [0.25, 0.3) is 0 Å². The molecule has 0 bridgehead atoms. The van der Waals surface area contributed by atoms with E-state index in [1.54, 1.807) is 0 Å². The fourth-order valence-corrected chi connectivity index (χ4v) is 3.96. The zero-order valence-electron chi connectivity index (χ0n) is 16.5. The lowest BCUT2D eigenvalue weighted by molar-refractivity contribution is 0.306. The van der Waals surface area contributed by atoms with Crippen molar-refractivity contribution in [1.29, 1.82) is 10.7 Å². The van der Waals surface area contributed by atoms with Crippen molar-refractivity contribution >= 4 is 17.5 Å². The van der Waals surface area contributed by atoms with Gasteiger partial charge >= 0.3 is 0 Å². The van der Waals surface area contributed by atoms with E-state index in [1.807, 2.05) is 48.5 Å². The Morgan fingerprint density at radius 3 is 2.77 bits per heavy atom. The molecule has 1 aliphatic heterocycles. The topological polar surface area (TPSA) is 94.8 Å². The van der Waals surface area contributed by atoms with Gasteiger partial charge in [-0.3, -0.25) is 10.5 Å². The Morgan fingerprint density at radius 2 is 2.07 bits per heavy atom. The molecule has 2 heterocycles. The largest absolute Gasteiger partial charge is 0.489 e. The molecule has 2 aromatic carbocycles. The molecule has 0 fully saturated rings. The summed E-state index contributed by atoms with van der Waals surface area (Å²) in [4.78, 5) is 0. The van der Waals surface area contributed by atoms with E-state index in [0.29, 0.717) is 17.5 Å². The highest BCUT2D eigenvalue weighted by molar-refractivity contribution is 6.30. The lowest BCUT2D eigenvalue weighted by atomic mass is 9.79. The summed E-state index contributed by atoms with van der Waals surface area (Å²) in [5.74, 6) is 0.0140. The average molecular weight is 421 g/mol. The van der Waals surface area contributed by atoms with Crippen LogP contribution in [0.15, 0.2) is 48.5 Å². The number of halogens is 1. The Bertz CT molecular complexity index is 1100. The second-order valence-corrected chi connectivity index (χ2v) is 7.65. The zero-order valence-corrected chi connectivity index (χ0v) is 17.2. The third-order valence-corrected chi connectivity index (χ3v) is 5.39. The molecule has 0 aliphatic carbocycles. The maximum absolute atomic E-state index is 9.73. The lowest BCUT2D eigenvalue weighted by Crippen LogP contribution is -2.31. The van der Waals surface area contributed by atoms with Crippen LogP contribution in [0.1, 0.15) is 41.6 Å². The number of nitrogens with zero attached hydrogens (tertiary/aromatic N) is 2. The van der Waals surface area contributed by atoms with Crippen molar-refractivity contribution in [3.05, 3.63) is 75.9 Å². The monoisotopic (exact) mass is 420 g/mol. The minimum Gasteiger partial charge on any atom is -0.489 e. The van der Waals surface area contributed by atoms with Gasteiger partial charge < -0.3 is 9.47 Å². The fourth-order valence-electron chi connectivity index (χ4n) is 3.75. The predicted molar refractivity (Wildman–Crippen MR) is 114 cm³/mol. The average Bonchev–Trinajstić information content (AvgIpc) is 3.14. The molecule has 152 valence electrons. The van der Waals surface area contributed by atoms with E-state index in [0.717, 1.165) is 41.0 Å². The van der Waals surface area contributed by atoms with Gasteiger partial charge in [-0.25, -0.2) is 0 Å². The number of hydrogen-bond donors (Lipinski definition) is 2. The summed E-state index contributed by atoms with van der Waals surface area (Å²) in [5, 5.41) is 25.8. The van der Waals surface area contributed by atoms with E-state index in [4.69, 9.17) is 26.5 Å². The minimum atomic E-state index is -0.705. The van der Waals surface area contributed by atoms with E-state index >= 15 is 0 Å². The standard InChI is InChI=1S/C23H21ClN4O2/c1-2-4-19-21-20(18(12-25)22(26)30-23(21)28-27-19)15-7-9-17(10-8-15)29-13-14-5-3-6-16(24)11-14/h3,5-11,18,20,26H,2,4,13H2,1H3,(H,27,28). The number of aryl methyl sites for hydroxylation is 1. The first kappa shape index (κ1) is 20.0. The third-order valence-electron chi connectivity index (χ3n) is 5.15. The van der Waals surface area contributed by atoms with Crippen molar-refractivity contribution < 1.29 is 9.47 Å². The third kappa shape index (κ3) is 3.89. The SMILES string of the molecule is CCCc1[nH]nc2c1C(c1ccc(OCc3cccc(Cl)c3)cc1)C(C#N)C(=N)O2. The first-order valence-corrected chi connectivity index (χ1v) is 10.2. The van der Waals surface area contributed by atoms with E-state index in [-0.39, 0.29) is 11.8 Å². The van der Waals surface area contributed by atoms with Crippen LogP contribution in [0.3, 0.4) is 0 Å². The molecule has 0 spiro atoms. The Balaban J connectivity index is 1.60. The first-order valence-electron chi connectivity index (χ1n) is 9.81. The van der Waals surface area contributed by atoms with Crippen LogP contribution in [0.5, 0.6) is 11.6 Å². The number of rotatable bonds is 6. The van der Waals surface area contributed by atoms with Crippen molar-refractivity contribution in [3.63, 3.8) is 0 Å². The quantitative estimate of drug-likeness (QED) is 0.570. The number of benzene rings is 2. The molecule has 3 aromatic rings. The molecule has 0 saturated carbocycles. The van der Waals surface area contributed by atoms with Gasteiger partial charge in [0.2, 0.25) is 11.8 Å². The highest BCUT2D eigenvalue weighted by Gasteiger charge is 2.40. The maximum atomic E-state index is 9.73. The Morgan fingerprint density at radius 1 is 1.27 bits per heavy atom. The second-order valence-electron chi connectivity index (χ2n) is 7.21. The summed E-state index contributed by atoms with van der Waals surface area (Å²) in [6, 6.07) is 17.4. The molecule has 30 heavy (non-hydrogen) atoms. The van der Waals surface area contributed by atoms with Crippen LogP contribution >= 0.6 is 11.6 Å². The van der Waals surface area contributed by atoms with Gasteiger partial charge in [0.05, 0.1) is 6.07 Å². The highest BCUT2D eigenvalue weighted by Crippen LogP contribution is 2.43. The molecule has 4 rings (SSSR count). The van der Waals surface area contributed by atoms with Crippen molar-refractivity contribution in [3.8, 4) is 17.7 Å². The number of nitriles is 1.